The molecular formula is C26H25N5O2S. The van der Waals surface area contributed by atoms with E-state index in [0.717, 1.165) is 28.4 Å². The Kier molecular flexibility index (Phi) is 7.39. The zero-order chi connectivity index (χ0) is 23.9. The lowest BCUT2D eigenvalue weighted by atomic mass is 10.1. The topological polar surface area (TPSA) is 81.4 Å². The third-order valence-electron chi connectivity index (χ3n) is 5.13. The SMILES string of the molecule is COc1cccc(/C(C)=N/NC(=O)CSc2nnc(-c3ccc(C)cc3)n2-c2ccccc2)c1. The molecule has 4 rings (SSSR count). The highest BCUT2D eigenvalue weighted by atomic mass is 32.2. The second kappa shape index (κ2) is 10.8. The van der Waals surface area contributed by atoms with Gasteiger partial charge in [0.1, 0.15) is 5.75 Å². The first-order valence-electron chi connectivity index (χ1n) is 10.7. The Morgan fingerprint density at radius 3 is 2.53 bits per heavy atom. The average Bonchev–Trinajstić information content (AvgIpc) is 3.31. The largest absolute Gasteiger partial charge is 0.497 e. The molecule has 1 aromatic heterocycles. The van der Waals surface area contributed by atoms with Crippen LogP contribution in [0, 0.1) is 6.92 Å². The van der Waals surface area contributed by atoms with Crippen LogP contribution >= 0.6 is 11.8 Å². The zero-order valence-electron chi connectivity index (χ0n) is 19.2. The van der Waals surface area contributed by atoms with Gasteiger partial charge in [-0.3, -0.25) is 9.36 Å². The number of benzene rings is 3. The molecule has 0 radical (unpaired) electrons. The smallest absolute Gasteiger partial charge is 0.250 e. The molecule has 0 spiro atoms. The Labute approximate surface area is 202 Å². The van der Waals surface area contributed by atoms with E-state index < -0.39 is 0 Å². The van der Waals surface area contributed by atoms with E-state index in [1.54, 1.807) is 7.11 Å². The van der Waals surface area contributed by atoms with Gasteiger partial charge in [0, 0.05) is 16.8 Å². The second-order valence-corrected chi connectivity index (χ2v) is 8.54. The number of nitrogens with zero attached hydrogens (tertiary/aromatic N) is 4. The van der Waals surface area contributed by atoms with E-state index in [4.69, 9.17) is 4.74 Å². The molecule has 0 aliphatic carbocycles. The van der Waals surface area contributed by atoms with Crippen molar-refractivity contribution in [2.45, 2.75) is 19.0 Å². The van der Waals surface area contributed by atoms with Crippen LogP contribution in [0.2, 0.25) is 0 Å². The number of nitrogens with one attached hydrogen (secondary N) is 1. The minimum absolute atomic E-state index is 0.147. The molecular weight excluding hydrogens is 446 g/mol. The molecule has 0 fully saturated rings. The number of amides is 1. The van der Waals surface area contributed by atoms with E-state index in [1.165, 1.54) is 17.3 Å². The summed E-state index contributed by atoms with van der Waals surface area (Å²) in [6.45, 7) is 3.88. The molecule has 172 valence electrons. The van der Waals surface area contributed by atoms with Gasteiger partial charge in [0.15, 0.2) is 11.0 Å². The van der Waals surface area contributed by atoms with Gasteiger partial charge in [-0.25, -0.2) is 5.43 Å². The number of para-hydroxylation sites is 1. The number of rotatable bonds is 8. The number of thioether (sulfide) groups is 1. The molecule has 0 saturated carbocycles. The van der Waals surface area contributed by atoms with Crippen molar-refractivity contribution >= 4 is 23.4 Å². The van der Waals surface area contributed by atoms with Gasteiger partial charge in [0.25, 0.3) is 5.91 Å². The number of ether oxygens (including phenoxy) is 1. The first-order valence-corrected chi connectivity index (χ1v) is 11.7. The highest BCUT2D eigenvalue weighted by molar-refractivity contribution is 7.99. The normalized spacial score (nSPS) is 11.3. The minimum Gasteiger partial charge on any atom is -0.497 e. The van der Waals surface area contributed by atoms with E-state index in [1.807, 2.05) is 97.3 Å². The summed E-state index contributed by atoms with van der Waals surface area (Å²) in [6.07, 6.45) is 0. The molecule has 1 heterocycles. The van der Waals surface area contributed by atoms with Crippen LogP contribution in [0.5, 0.6) is 5.75 Å². The van der Waals surface area contributed by atoms with E-state index in [9.17, 15) is 4.79 Å². The summed E-state index contributed by atoms with van der Waals surface area (Å²) in [5, 5.41) is 13.7. The highest BCUT2D eigenvalue weighted by Gasteiger charge is 2.17. The van der Waals surface area contributed by atoms with Crippen molar-refractivity contribution in [2.24, 2.45) is 5.10 Å². The van der Waals surface area contributed by atoms with Crippen molar-refractivity contribution in [3.8, 4) is 22.8 Å². The third kappa shape index (κ3) is 5.52. The fourth-order valence-corrected chi connectivity index (χ4v) is 4.03. The number of hydrogen-bond acceptors (Lipinski definition) is 6. The predicted molar refractivity (Wildman–Crippen MR) is 136 cm³/mol. The first kappa shape index (κ1) is 23.3. The monoisotopic (exact) mass is 471 g/mol. The zero-order valence-corrected chi connectivity index (χ0v) is 20.0. The molecule has 1 amide bonds. The molecule has 0 aliphatic heterocycles. The van der Waals surface area contributed by atoms with Crippen molar-refractivity contribution in [1.82, 2.24) is 20.2 Å². The van der Waals surface area contributed by atoms with E-state index in [0.29, 0.717) is 10.9 Å². The van der Waals surface area contributed by atoms with Gasteiger partial charge in [-0.05, 0) is 38.1 Å². The van der Waals surface area contributed by atoms with Crippen LogP contribution in [0.15, 0.2) is 89.1 Å². The molecule has 0 atom stereocenters. The predicted octanol–water partition coefficient (Wildman–Crippen LogP) is 4.88. The van der Waals surface area contributed by atoms with Gasteiger partial charge in [0.05, 0.1) is 18.6 Å². The molecule has 8 heteroatoms. The summed E-state index contributed by atoms with van der Waals surface area (Å²) < 4.78 is 7.21. The lowest BCUT2D eigenvalue weighted by Gasteiger charge is -2.10. The number of carbonyl (C=O) groups excluding carboxylic acids is 1. The van der Waals surface area contributed by atoms with Crippen LogP contribution in [-0.4, -0.2) is 39.2 Å². The summed E-state index contributed by atoms with van der Waals surface area (Å²) in [7, 11) is 1.61. The fourth-order valence-electron chi connectivity index (χ4n) is 3.28. The molecule has 0 saturated heterocycles. The van der Waals surface area contributed by atoms with Gasteiger partial charge in [-0.1, -0.05) is 71.9 Å². The van der Waals surface area contributed by atoms with Crippen LogP contribution in [0.3, 0.4) is 0 Å². The van der Waals surface area contributed by atoms with Crippen molar-refractivity contribution < 1.29 is 9.53 Å². The molecule has 3 aromatic carbocycles. The van der Waals surface area contributed by atoms with Crippen LogP contribution in [0.1, 0.15) is 18.1 Å². The maximum absolute atomic E-state index is 12.5. The molecule has 1 N–H and O–H groups in total. The second-order valence-electron chi connectivity index (χ2n) is 7.60. The van der Waals surface area contributed by atoms with Crippen molar-refractivity contribution in [1.29, 1.82) is 0 Å². The maximum atomic E-state index is 12.5. The molecule has 0 bridgehead atoms. The Bertz CT molecular complexity index is 1300. The van der Waals surface area contributed by atoms with Crippen LogP contribution < -0.4 is 10.2 Å². The number of aromatic nitrogens is 3. The van der Waals surface area contributed by atoms with Gasteiger partial charge in [0.2, 0.25) is 0 Å². The summed E-state index contributed by atoms with van der Waals surface area (Å²) in [6, 6.07) is 25.5. The fraction of sp³-hybridized carbons (Fsp3) is 0.154. The summed E-state index contributed by atoms with van der Waals surface area (Å²) in [5.41, 5.74) is 7.24. The highest BCUT2D eigenvalue weighted by Crippen LogP contribution is 2.28. The Hall–Kier alpha value is -3.91. The van der Waals surface area contributed by atoms with Gasteiger partial charge in [-0.2, -0.15) is 5.10 Å². The maximum Gasteiger partial charge on any atom is 0.250 e. The summed E-state index contributed by atoms with van der Waals surface area (Å²) >= 11 is 1.31. The van der Waals surface area contributed by atoms with Crippen molar-refractivity contribution in [3.05, 3.63) is 90.0 Å². The van der Waals surface area contributed by atoms with Gasteiger partial charge >= 0.3 is 0 Å². The van der Waals surface area contributed by atoms with Gasteiger partial charge in [-0.15, -0.1) is 10.2 Å². The standard InChI is InChI=1S/C26H25N5O2S/c1-18-12-14-20(15-13-18)25-29-30-26(31(25)22-9-5-4-6-10-22)34-17-24(32)28-27-19(2)21-8-7-11-23(16-21)33-3/h4-16H,17H2,1-3H3,(H,28,32)/b27-19+. The average molecular weight is 472 g/mol. The van der Waals surface area contributed by atoms with E-state index >= 15 is 0 Å². The van der Waals surface area contributed by atoms with Crippen LogP contribution in [-0.2, 0) is 4.79 Å². The van der Waals surface area contributed by atoms with Crippen molar-refractivity contribution in [3.63, 3.8) is 0 Å². The number of hydrogen-bond donors (Lipinski definition) is 1. The quantitative estimate of drug-likeness (QED) is 0.225. The van der Waals surface area contributed by atoms with Crippen molar-refractivity contribution in [2.75, 3.05) is 12.9 Å². The lowest BCUT2D eigenvalue weighted by Crippen LogP contribution is -2.21. The number of aryl methyl sites for hydroxylation is 1. The number of methoxy groups -OCH3 is 1. The van der Waals surface area contributed by atoms with Crippen LogP contribution in [0.25, 0.3) is 17.1 Å². The van der Waals surface area contributed by atoms with E-state index in [-0.39, 0.29) is 11.7 Å². The Morgan fingerprint density at radius 2 is 1.79 bits per heavy atom. The third-order valence-corrected chi connectivity index (χ3v) is 6.05. The van der Waals surface area contributed by atoms with E-state index in [2.05, 4.69) is 20.7 Å². The van der Waals surface area contributed by atoms with Crippen LogP contribution in [0.4, 0.5) is 0 Å². The van der Waals surface area contributed by atoms with Gasteiger partial charge < -0.3 is 4.74 Å². The number of hydrazone groups is 1. The summed E-state index contributed by atoms with van der Waals surface area (Å²) in [4.78, 5) is 12.5. The Balaban J connectivity index is 1.50. The lowest BCUT2D eigenvalue weighted by molar-refractivity contribution is -0.118. The molecule has 34 heavy (non-hydrogen) atoms. The minimum atomic E-state index is -0.230. The molecule has 0 aliphatic rings. The first-order chi connectivity index (χ1) is 16.5. The molecule has 0 unspecified atom stereocenters. The molecule has 4 aromatic rings. The Morgan fingerprint density at radius 1 is 1.03 bits per heavy atom. The summed E-state index contributed by atoms with van der Waals surface area (Å²) in [5.74, 6) is 1.37. The molecule has 7 nitrogen and oxygen atoms in total. The number of carbonyl (C=O) groups is 1.